The highest BCUT2D eigenvalue weighted by Gasteiger charge is 2.32. The van der Waals surface area contributed by atoms with Gasteiger partial charge in [-0.2, -0.15) is 13.2 Å². The van der Waals surface area contributed by atoms with Crippen LogP contribution < -0.4 is 5.32 Å². The molecule has 0 spiro atoms. The summed E-state index contributed by atoms with van der Waals surface area (Å²) in [5.74, 6) is 0. The predicted octanol–water partition coefficient (Wildman–Crippen LogP) is 2.19. The highest BCUT2D eigenvalue weighted by atomic mass is 19.4. The maximum atomic E-state index is 12.7. The van der Waals surface area contributed by atoms with Crippen LogP contribution in [0, 0.1) is 0 Å². The molecule has 19 heavy (non-hydrogen) atoms. The summed E-state index contributed by atoms with van der Waals surface area (Å²) in [6, 6.07) is 5.46. The largest absolute Gasteiger partial charge is 0.416 e. The van der Waals surface area contributed by atoms with Gasteiger partial charge in [0, 0.05) is 13.7 Å². The monoisotopic (exact) mass is 277 g/mol. The minimum Gasteiger partial charge on any atom is -0.391 e. The van der Waals surface area contributed by atoms with Gasteiger partial charge in [-0.25, -0.2) is 0 Å². The summed E-state index contributed by atoms with van der Waals surface area (Å²) in [4.78, 5) is 0. The Bertz CT molecular complexity index is 382. The van der Waals surface area contributed by atoms with E-state index in [4.69, 9.17) is 4.74 Å². The van der Waals surface area contributed by atoms with E-state index in [1.54, 1.807) is 6.07 Å². The van der Waals surface area contributed by atoms with Crippen molar-refractivity contribution in [2.75, 3.05) is 20.3 Å². The first kappa shape index (κ1) is 15.9. The topological polar surface area (TPSA) is 41.5 Å². The van der Waals surface area contributed by atoms with Gasteiger partial charge < -0.3 is 15.2 Å². The zero-order chi connectivity index (χ0) is 14.3. The van der Waals surface area contributed by atoms with Crippen molar-refractivity contribution in [3.63, 3.8) is 0 Å². The fourth-order valence-corrected chi connectivity index (χ4v) is 1.72. The SMILES string of the molecule is COCC(O)CCNCc1ccccc1C(F)(F)F. The maximum absolute atomic E-state index is 12.7. The molecule has 1 rings (SSSR count). The number of aliphatic hydroxyl groups is 1. The molecule has 0 aliphatic carbocycles. The van der Waals surface area contributed by atoms with Gasteiger partial charge in [-0.05, 0) is 24.6 Å². The van der Waals surface area contributed by atoms with Gasteiger partial charge in [0.1, 0.15) is 0 Å². The van der Waals surface area contributed by atoms with Gasteiger partial charge in [0.05, 0.1) is 18.3 Å². The minimum absolute atomic E-state index is 0.120. The quantitative estimate of drug-likeness (QED) is 0.751. The van der Waals surface area contributed by atoms with Crippen LogP contribution in [0.25, 0.3) is 0 Å². The lowest BCUT2D eigenvalue weighted by Crippen LogP contribution is -2.24. The first-order chi connectivity index (χ1) is 8.95. The summed E-state index contributed by atoms with van der Waals surface area (Å²) >= 11 is 0. The molecule has 0 heterocycles. The van der Waals surface area contributed by atoms with Gasteiger partial charge in [0.25, 0.3) is 0 Å². The molecule has 0 radical (unpaired) electrons. The second kappa shape index (κ2) is 7.47. The van der Waals surface area contributed by atoms with Crippen molar-refractivity contribution in [3.8, 4) is 0 Å². The lowest BCUT2D eigenvalue weighted by atomic mass is 10.1. The van der Waals surface area contributed by atoms with Crippen LogP contribution >= 0.6 is 0 Å². The smallest absolute Gasteiger partial charge is 0.391 e. The Morgan fingerprint density at radius 3 is 2.63 bits per heavy atom. The van der Waals surface area contributed by atoms with Crippen LogP contribution in [0.15, 0.2) is 24.3 Å². The number of rotatable bonds is 7. The first-order valence-corrected chi connectivity index (χ1v) is 5.98. The molecule has 0 aromatic heterocycles. The molecule has 1 aromatic carbocycles. The van der Waals surface area contributed by atoms with E-state index in [9.17, 15) is 18.3 Å². The van der Waals surface area contributed by atoms with Crippen LogP contribution in [0.1, 0.15) is 17.5 Å². The summed E-state index contributed by atoms with van der Waals surface area (Å²) < 4.78 is 42.9. The Morgan fingerprint density at radius 1 is 1.32 bits per heavy atom. The summed E-state index contributed by atoms with van der Waals surface area (Å²) in [5.41, 5.74) is -0.420. The zero-order valence-electron chi connectivity index (χ0n) is 10.7. The van der Waals surface area contributed by atoms with E-state index in [-0.39, 0.29) is 18.7 Å². The number of hydrogen-bond acceptors (Lipinski definition) is 3. The molecule has 0 fully saturated rings. The number of hydrogen-bond donors (Lipinski definition) is 2. The van der Waals surface area contributed by atoms with Gasteiger partial charge >= 0.3 is 6.18 Å². The van der Waals surface area contributed by atoms with Gasteiger partial charge in [-0.1, -0.05) is 18.2 Å². The summed E-state index contributed by atoms with van der Waals surface area (Å²) in [5, 5.41) is 12.3. The Hall–Kier alpha value is -1.11. The van der Waals surface area contributed by atoms with Gasteiger partial charge in [0.15, 0.2) is 0 Å². The van der Waals surface area contributed by atoms with Crippen molar-refractivity contribution in [3.05, 3.63) is 35.4 Å². The molecular weight excluding hydrogens is 259 g/mol. The van der Waals surface area contributed by atoms with E-state index >= 15 is 0 Å². The highest BCUT2D eigenvalue weighted by molar-refractivity contribution is 5.29. The molecule has 0 amide bonds. The second-order valence-electron chi connectivity index (χ2n) is 4.23. The number of aliphatic hydroxyl groups excluding tert-OH is 1. The standard InChI is InChI=1S/C13H18F3NO2/c1-19-9-11(18)6-7-17-8-10-4-2-3-5-12(10)13(14,15)16/h2-5,11,17-18H,6-9H2,1H3. The van der Waals surface area contributed by atoms with Crippen molar-refractivity contribution in [2.24, 2.45) is 0 Å². The molecule has 2 N–H and O–H groups in total. The fraction of sp³-hybridized carbons (Fsp3) is 0.538. The van der Waals surface area contributed by atoms with E-state index in [1.807, 2.05) is 0 Å². The third-order valence-electron chi connectivity index (χ3n) is 2.65. The highest BCUT2D eigenvalue weighted by Crippen LogP contribution is 2.31. The molecule has 0 saturated heterocycles. The van der Waals surface area contributed by atoms with Crippen LogP contribution in [0.5, 0.6) is 0 Å². The van der Waals surface area contributed by atoms with Crippen molar-refractivity contribution in [1.82, 2.24) is 5.32 Å². The van der Waals surface area contributed by atoms with Crippen LogP contribution in [0.4, 0.5) is 13.2 Å². The van der Waals surface area contributed by atoms with Crippen LogP contribution in [0.2, 0.25) is 0 Å². The van der Waals surface area contributed by atoms with Gasteiger partial charge in [-0.3, -0.25) is 0 Å². The van der Waals surface area contributed by atoms with Gasteiger partial charge in [-0.15, -0.1) is 0 Å². The van der Waals surface area contributed by atoms with Crippen LogP contribution in [-0.2, 0) is 17.5 Å². The lowest BCUT2D eigenvalue weighted by Gasteiger charge is -2.14. The van der Waals surface area contributed by atoms with Crippen LogP contribution in [-0.4, -0.2) is 31.5 Å². The normalized spacial score (nSPS) is 13.5. The molecular formula is C13H18F3NO2. The summed E-state index contributed by atoms with van der Waals surface area (Å²) in [6.45, 7) is 0.771. The summed E-state index contributed by atoms with van der Waals surface area (Å²) in [6.07, 6.45) is -4.51. The van der Waals surface area contributed by atoms with Crippen molar-refractivity contribution in [1.29, 1.82) is 0 Å². The molecule has 0 aliphatic rings. The van der Waals surface area contributed by atoms with E-state index in [2.05, 4.69) is 5.32 Å². The molecule has 3 nitrogen and oxygen atoms in total. The third kappa shape index (κ3) is 5.59. The molecule has 108 valence electrons. The zero-order valence-corrected chi connectivity index (χ0v) is 10.7. The average Bonchev–Trinajstić information content (AvgIpc) is 2.34. The number of nitrogens with one attached hydrogen (secondary N) is 1. The summed E-state index contributed by atoms with van der Waals surface area (Å²) in [7, 11) is 1.48. The molecule has 0 bridgehead atoms. The molecule has 1 aromatic rings. The number of halogens is 3. The number of alkyl halides is 3. The Labute approximate surface area is 110 Å². The molecule has 0 saturated carbocycles. The van der Waals surface area contributed by atoms with Gasteiger partial charge in [0.2, 0.25) is 0 Å². The minimum atomic E-state index is -4.34. The lowest BCUT2D eigenvalue weighted by molar-refractivity contribution is -0.138. The molecule has 6 heteroatoms. The Morgan fingerprint density at radius 2 is 2.00 bits per heavy atom. The van der Waals surface area contributed by atoms with Crippen molar-refractivity contribution >= 4 is 0 Å². The molecule has 1 atom stereocenters. The van der Waals surface area contributed by atoms with E-state index in [0.717, 1.165) is 6.07 Å². The number of ether oxygens (including phenoxy) is 1. The first-order valence-electron chi connectivity index (χ1n) is 5.98. The second-order valence-corrected chi connectivity index (χ2v) is 4.23. The van der Waals surface area contributed by atoms with E-state index < -0.39 is 17.8 Å². The van der Waals surface area contributed by atoms with Crippen molar-refractivity contribution in [2.45, 2.75) is 25.2 Å². The molecule has 1 unspecified atom stereocenters. The third-order valence-corrected chi connectivity index (χ3v) is 2.65. The van der Waals surface area contributed by atoms with E-state index in [0.29, 0.717) is 13.0 Å². The Kier molecular flexibility index (Phi) is 6.27. The van der Waals surface area contributed by atoms with Crippen molar-refractivity contribution < 1.29 is 23.0 Å². The number of methoxy groups -OCH3 is 1. The predicted molar refractivity (Wildman–Crippen MR) is 65.7 cm³/mol. The maximum Gasteiger partial charge on any atom is 0.416 e. The number of benzene rings is 1. The van der Waals surface area contributed by atoms with E-state index in [1.165, 1.54) is 19.2 Å². The Balaban J connectivity index is 2.46. The average molecular weight is 277 g/mol. The van der Waals surface area contributed by atoms with Crippen LogP contribution in [0.3, 0.4) is 0 Å². The molecule has 0 aliphatic heterocycles. The fourth-order valence-electron chi connectivity index (χ4n) is 1.72.